The summed E-state index contributed by atoms with van der Waals surface area (Å²) in [4.78, 5) is 3.98. The summed E-state index contributed by atoms with van der Waals surface area (Å²) in [6, 6.07) is 4.56. The largest absolute Gasteiger partial charge is 0.384 e. The van der Waals surface area contributed by atoms with Crippen LogP contribution in [-0.2, 0) is 0 Å². The summed E-state index contributed by atoms with van der Waals surface area (Å²) in [5.74, 6) is -0.288. The van der Waals surface area contributed by atoms with Crippen molar-refractivity contribution in [1.29, 1.82) is 0 Å². The highest BCUT2D eigenvalue weighted by atomic mass is 35.5. The number of halogens is 3. The quantitative estimate of drug-likeness (QED) is 0.706. The summed E-state index contributed by atoms with van der Waals surface area (Å²) in [7, 11) is 0. The summed E-state index contributed by atoms with van der Waals surface area (Å²) < 4.78 is 13.2. The molecule has 0 radical (unpaired) electrons. The molecule has 0 saturated carbocycles. The second kappa shape index (κ2) is 3.26. The van der Waals surface area contributed by atoms with Gasteiger partial charge >= 0.3 is 0 Å². The molecule has 0 spiro atoms. The number of nitrogens with two attached hydrogens (primary N) is 1. The number of pyridine rings is 1. The lowest BCUT2D eigenvalue weighted by molar-refractivity contribution is 0.630. The third-order valence-electron chi connectivity index (χ3n) is 1.85. The van der Waals surface area contributed by atoms with Gasteiger partial charge in [-0.05, 0) is 18.2 Å². The standard InChI is InChI=1S/C9H5Cl2FN2/c10-5-3-6-4(8(11)9(5)12)1-2-7(13)14-6/h1-3H,(H2,13,14). The van der Waals surface area contributed by atoms with E-state index < -0.39 is 5.82 Å². The van der Waals surface area contributed by atoms with E-state index in [2.05, 4.69) is 4.98 Å². The molecule has 1 aromatic carbocycles. The van der Waals surface area contributed by atoms with Crippen molar-refractivity contribution in [3.63, 3.8) is 0 Å². The van der Waals surface area contributed by atoms with Gasteiger partial charge in [0.1, 0.15) is 5.82 Å². The highest BCUT2D eigenvalue weighted by Crippen LogP contribution is 2.31. The van der Waals surface area contributed by atoms with E-state index in [1.807, 2.05) is 0 Å². The Morgan fingerprint density at radius 2 is 2.00 bits per heavy atom. The number of hydrogen-bond acceptors (Lipinski definition) is 2. The van der Waals surface area contributed by atoms with Crippen LogP contribution in [0.1, 0.15) is 0 Å². The maximum Gasteiger partial charge on any atom is 0.161 e. The van der Waals surface area contributed by atoms with E-state index in [-0.39, 0.29) is 10.0 Å². The van der Waals surface area contributed by atoms with Crippen molar-refractivity contribution in [3.05, 3.63) is 34.1 Å². The van der Waals surface area contributed by atoms with Gasteiger partial charge in [-0.15, -0.1) is 0 Å². The predicted octanol–water partition coefficient (Wildman–Crippen LogP) is 3.26. The lowest BCUT2D eigenvalue weighted by atomic mass is 10.2. The first-order valence-corrected chi connectivity index (χ1v) is 4.55. The first-order valence-electron chi connectivity index (χ1n) is 3.79. The fraction of sp³-hybridized carbons (Fsp3) is 0. The normalized spacial score (nSPS) is 10.8. The Kier molecular flexibility index (Phi) is 2.21. The van der Waals surface area contributed by atoms with Crippen molar-refractivity contribution in [2.24, 2.45) is 0 Å². The zero-order valence-electron chi connectivity index (χ0n) is 6.89. The van der Waals surface area contributed by atoms with Gasteiger partial charge in [0.25, 0.3) is 0 Å². The fourth-order valence-electron chi connectivity index (χ4n) is 1.19. The summed E-state index contributed by atoms with van der Waals surface area (Å²) >= 11 is 11.3. The van der Waals surface area contributed by atoms with Crippen LogP contribution in [0.15, 0.2) is 18.2 Å². The maximum absolute atomic E-state index is 13.2. The van der Waals surface area contributed by atoms with Crippen molar-refractivity contribution < 1.29 is 4.39 Å². The van der Waals surface area contributed by atoms with Gasteiger partial charge in [0.15, 0.2) is 5.82 Å². The number of aromatic nitrogens is 1. The van der Waals surface area contributed by atoms with Gasteiger partial charge < -0.3 is 5.73 Å². The van der Waals surface area contributed by atoms with Crippen molar-refractivity contribution in [3.8, 4) is 0 Å². The number of fused-ring (bicyclic) bond motifs is 1. The number of nitrogens with zero attached hydrogens (tertiary/aromatic N) is 1. The fourth-order valence-corrected chi connectivity index (χ4v) is 1.70. The Hall–Kier alpha value is -1.06. The van der Waals surface area contributed by atoms with Crippen LogP contribution in [0.4, 0.5) is 10.2 Å². The molecule has 0 atom stereocenters. The molecule has 0 fully saturated rings. The minimum Gasteiger partial charge on any atom is -0.384 e. The SMILES string of the molecule is Nc1ccc2c(Cl)c(F)c(Cl)cc2n1. The summed E-state index contributed by atoms with van der Waals surface area (Å²) in [5, 5.41) is 0.420. The van der Waals surface area contributed by atoms with Gasteiger partial charge in [0, 0.05) is 5.39 Å². The monoisotopic (exact) mass is 230 g/mol. The van der Waals surface area contributed by atoms with Crippen LogP contribution >= 0.6 is 23.2 Å². The molecule has 2 nitrogen and oxygen atoms in total. The van der Waals surface area contributed by atoms with E-state index in [1.54, 1.807) is 12.1 Å². The van der Waals surface area contributed by atoms with E-state index in [9.17, 15) is 4.39 Å². The van der Waals surface area contributed by atoms with Crippen LogP contribution in [0.2, 0.25) is 10.0 Å². The number of hydrogen-bond donors (Lipinski definition) is 1. The molecule has 2 rings (SSSR count). The van der Waals surface area contributed by atoms with Crippen molar-refractivity contribution >= 4 is 39.9 Å². The number of benzene rings is 1. The third-order valence-corrected chi connectivity index (χ3v) is 2.49. The lowest BCUT2D eigenvalue weighted by Gasteiger charge is -2.03. The first-order chi connectivity index (χ1) is 6.59. The lowest BCUT2D eigenvalue weighted by Crippen LogP contribution is -1.91. The number of nitrogen functional groups attached to an aromatic ring is 1. The van der Waals surface area contributed by atoms with Crippen LogP contribution in [0.5, 0.6) is 0 Å². The molecule has 0 amide bonds. The molecular formula is C9H5Cl2FN2. The molecule has 0 saturated heterocycles. The average molecular weight is 231 g/mol. The van der Waals surface area contributed by atoms with Gasteiger partial charge in [0.2, 0.25) is 0 Å². The van der Waals surface area contributed by atoms with Crippen molar-refractivity contribution in [2.45, 2.75) is 0 Å². The Balaban J connectivity index is 2.91. The topological polar surface area (TPSA) is 38.9 Å². The molecule has 5 heteroatoms. The zero-order valence-corrected chi connectivity index (χ0v) is 8.40. The van der Waals surface area contributed by atoms with E-state index in [4.69, 9.17) is 28.9 Å². The molecule has 2 aromatic rings. The summed E-state index contributed by atoms with van der Waals surface area (Å²) in [5.41, 5.74) is 5.96. The van der Waals surface area contributed by atoms with Gasteiger partial charge in [-0.2, -0.15) is 0 Å². The zero-order chi connectivity index (χ0) is 10.3. The van der Waals surface area contributed by atoms with Crippen LogP contribution < -0.4 is 5.73 Å². The minimum absolute atomic E-state index is 0.0278. The molecule has 1 heterocycles. The van der Waals surface area contributed by atoms with Crippen molar-refractivity contribution in [1.82, 2.24) is 4.98 Å². The molecular weight excluding hydrogens is 226 g/mol. The number of anilines is 1. The third kappa shape index (κ3) is 1.38. The smallest absolute Gasteiger partial charge is 0.161 e. The van der Waals surface area contributed by atoms with E-state index in [0.717, 1.165) is 0 Å². The Labute approximate surface area is 89.4 Å². The Morgan fingerprint density at radius 3 is 2.71 bits per heavy atom. The van der Waals surface area contributed by atoms with Crippen molar-refractivity contribution in [2.75, 3.05) is 5.73 Å². The minimum atomic E-state index is -0.632. The van der Waals surface area contributed by atoms with Gasteiger partial charge in [-0.25, -0.2) is 9.37 Å². The summed E-state index contributed by atoms with van der Waals surface area (Å²) in [6.07, 6.45) is 0. The molecule has 1 aromatic heterocycles. The van der Waals surface area contributed by atoms with E-state index in [1.165, 1.54) is 6.07 Å². The highest BCUT2D eigenvalue weighted by Gasteiger charge is 2.10. The molecule has 2 N–H and O–H groups in total. The molecule has 0 aliphatic heterocycles. The molecule has 0 aliphatic rings. The van der Waals surface area contributed by atoms with Gasteiger partial charge in [0.05, 0.1) is 15.6 Å². The summed E-state index contributed by atoms with van der Waals surface area (Å²) in [6.45, 7) is 0. The second-order valence-electron chi connectivity index (χ2n) is 2.79. The van der Waals surface area contributed by atoms with Crippen LogP contribution in [0, 0.1) is 5.82 Å². The van der Waals surface area contributed by atoms with E-state index >= 15 is 0 Å². The molecule has 72 valence electrons. The molecule has 14 heavy (non-hydrogen) atoms. The van der Waals surface area contributed by atoms with Gasteiger partial charge in [-0.1, -0.05) is 23.2 Å². The Morgan fingerprint density at radius 1 is 1.29 bits per heavy atom. The predicted molar refractivity (Wildman–Crippen MR) is 56.1 cm³/mol. The van der Waals surface area contributed by atoms with Crippen LogP contribution in [0.3, 0.4) is 0 Å². The first kappa shape index (κ1) is 9.49. The average Bonchev–Trinajstić information content (AvgIpc) is 2.14. The van der Waals surface area contributed by atoms with Crippen LogP contribution in [-0.4, -0.2) is 4.98 Å². The van der Waals surface area contributed by atoms with Gasteiger partial charge in [-0.3, -0.25) is 0 Å². The molecule has 0 unspecified atom stereocenters. The molecule has 0 aliphatic carbocycles. The maximum atomic E-state index is 13.2. The molecule has 0 bridgehead atoms. The van der Waals surface area contributed by atoms with E-state index in [0.29, 0.717) is 16.7 Å². The van der Waals surface area contributed by atoms with Crippen LogP contribution in [0.25, 0.3) is 10.9 Å². The number of rotatable bonds is 0. The Bertz CT molecular complexity index is 514. The highest BCUT2D eigenvalue weighted by molar-refractivity contribution is 6.38. The second-order valence-corrected chi connectivity index (χ2v) is 3.57.